The summed E-state index contributed by atoms with van der Waals surface area (Å²) in [6.45, 7) is 4.80. The second-order valence-electron chi connectivity index (χ2n) is 3.52. The van der Waals surface area contributed by atoms with Crippen LogP contribution in [0.2, 0.25) is 0 Å². The van der Waals surface area contributed by atoms with Gasteiger partial charge in [-0.2, -0.15) is 0 Å². The van der Waals surface area contributed by atoms with E-state index in [9.17, 15) is 0 Å². The van der Waals surface area contributed by atoms with Gasteiger partial charge < -0.3 is 0 Å². The molecule has 0 aromatic rings. The molecule has 1 heteroatoms. The van der Waals surface area contributed by atoms with Crippen molar-refractivity contribution in [2.24, 2.45) is 0 Å². The zero-order valence-corrected chi connectivity index (χ0v) is 7.55. The molecule has 1 aliphatic rings. The van der Waals surface area contributed by atoms with Crippen molar-refractivity contribution < 1.29 is 0 Å². The Kier molecular flexibility index (Phi) is 3.64. The summed E-state index contributed by atoms with van der Waals surface area (Å²) in [7, 11) is 2.21. The molecule has 0 heterocycles. The van der Waals surface area contributed by atoms with E-state index >= 15 is 0 Å². The first-order valence-corrected chi connectivity index (χ1v) is 4.65. The zero-order valence-electron chi connectivity index (χ0n) is 7.55. The number of hydrogen-bond donors (Lipinski definition) is 0. The second-order valence-corrected chi connectivity index (χ2v) is 3.52. The third kappa shape index (κ3) is 2.66. The van der Waals surface area contributed by atoms with E-state index in [0.717, 1.165) is 12.6 Å². The van der Waals surface area contributed by atoms with Gasteiger partial charge in [-0.05, 0) is 19.9 Å². The first-order chi connectivity index (χ1) is 5.34. The van der Waals surface area contributed by atoms with Crippen LogP contribution in [-0.4, -0.2) is 24.5 Å². The van der Waals surface area contributed by atoms with Crippen molar-refractivity contribution in [3.05, 3.63) is 12.7 Å². The van der Waals surface area contributed by atoms with Crippen LogP contribution < -0.4 is 0 Å². The number of rotatable bonds is 3. The number of likely N-dealkylation sites (N-methyl/N-ethyl adjacent to an activating group) is 1. The van der Waals surface area contributed by atoms with E-state index in [2.05, 4.69) is 18.5 Å². The Hall–Kier alpha value is -0.300. The monoisotopic (exact) mass is 153 g/mol. The summed E-state index contributed by atoms with van der Waals surface area (Å²) in [5, 5.41) is 0. The van der Waals surface area contributed by atoms with E-state index < -0.39 is 0 Å². The van der Waals surface area contributed by atoms with Gasteiger partial charge in [0.25, 0.3) is 0 Å². The summed E-state index contributed by atoms with van der Waals surface area (Å²) in [6.07, 6.45) is 9.07. The normalized spacial score (nSPS) is 20.5. The van der Waals surface area contributed by atoms with Gasteiger partial charge in [-0.1, -0.05) is 25.3 Å². The fraction of sp³-hybridized carbons (Fsp3) is 0.800. The highest BCUT2D eigenvalue weighted by Gasteiger charge is 2.16. The lowest BCUT2D eigenvalue weighted by atomic mass is 9.94. The minimum absolute atomic E-state index is 0.835. The molecule has 0 aliphatic heterocycles. The van der Waals surface area contributed by atoms with Crippen molar-refractivity contribution in [1.29, 1.82) is 0 Å². The molecular weight excluding hydrogens is 134 g/mol. The lowest BCUT2D eigenvalue weighted by Gasteiger charge is -2.30. The summed E-state index contributed by atoms with van der Waals surface area (Å²) >= 11 is 0. The molecule has 0 atom stereocenters. The maximum Gasteiger partial charge on any atom is 0.0160 e. The predicted molar refractivity (Wildman–Crippen MR) is 49.7 cm³/mol. The maximum absolute atomic E-state index is 3.75. The van der Waals surface area contributed by atoms with Crippen LogP contribution >= 0.6 is 0 Å². The number of hydrogen-bond acceptors (Lipinski definition) is 1. The van der Waals surface area contributed by atoms with Gasteiger partial charge in [-0.25, -0.2) is 0 Å². The third-order valence-electron chi connectivity index (χ3n) is 2.62. The van der Waals surface area contributed by atoms with Crippen LogP contribution in [0, 0.1) is 0 Å². The fourth-order valence-electron chi connectivity index (χ4n) is 1.87. The molecule has 0 bridgehead atoms. The van der Waals surface area contributed by atoms with Crippen molar-refractivity contribution in [3.63, 3.8) is 0 Å². The lowest BCUT2D eigenvalue weighted by molar-refractivity contribution is 0.209. The molecule has 0 aromatic heterocycles. The van der Waals surface area contributed by atoms with Gasteiger partial charge in [0.1, 0.15) is 0 Å². The van der Waals surface area contributed by atoms with Crippen molar-refractivity contribution in [2.75, 3.05) is 13.6 Å². The van der Waals surface area contributed by atoms with Gasteiger partial charge in [0.15, 0.2) is 0 Å². The standard InChI is InChI=1S/C10H19N/c1-3-9-11(2)10-7-5-4-6-8-10/h3,10H,1,4-9H2,2H3. The molecule has 1 aliphatic carbocycles. The molecule has 1 saturated carbocycles. The molecule has 1 nitrogen and oxygen atoms in total. The molecule has 0 radical (unpaired) electrons. The largest absolute Gasteiger partial charge is 0.300 e. The van der Waals surface area contributed by atoms with Crippen molar-refractivity contribution >= 4 is 0 Å². The Bertz CT molecular complexity index is 114. The van der Waals surface area contributed by atoms with E-state index in [1.165, 1.54) is 32.1 Å². The van der Waals surface area contributed by atoms with Crippen LogP contribution in [0.15, 0.2) is 12.7 Å². The summed E-state index contributed by atoms with van der Waals surface area (Å²) in [6, 6.07) is 0.835. The molecule has 64 valence electrons. The van der Waals surface area contributed by atoms with Gasteiger partial charge in [0.2, 0.25) is 0 Å². The topological polar surface area (TPSA) is 3.24 Å². The van der Waals surface area contributed by atoms with Crippen LogP contribution in [0.4, 0.5) is 0 Å². The highest BCUT2D eigenvalue weighted by molar-refractivity contribution is 4.79. The van der Waals surface area contributed by atoms with Crippen LogP contribution in [-0.2, 0) is 0 Å². The molecule has 0 amide bonds. The third-order valence-corrected chi connectivity index (χ3v) is 2.62. The van der Waals surface area contributed by atoms with Crippen molar-refractivity contribution in [2.45, 2.75) is 38.1 Å². The second kappa shape index (κ2) is 4.55. The van der Waals surface area contributed by atoms with Crippen molar-refractivity contribution in [1.82, 2.24) is 4.90 Å². The van der Waals surface area contributed by atoms with E-state index in [1.807, 2.05) is 6.08 Å². The van der Waals surface area contributed by atoms with Crippen LogP contribution in [0.25, 0.3) is 0 Å². The molecule has 0 spiro atoms. The summed E-state index contributed by atoms with van der Waals surface area (Å²) < 4.78 is 0. The summed E-state index contributed by atoms with van der Waals surface area (Å²) in [5.74, 6) is 0. The zero-order chi connectivity index (χ0) is 8.10. The predicted octanol–water partition coefficient (Wildman–Crippen LogP) is 2.44. The molecule has 0 N–H and O–H groups in total. The molecule has 1 fully saturated rings. The quantitative estimate of drug-likeness (QED) is 0.563. The van der Waals surface area contributed by atoms with Gasteiger partial charge in [0.05, 0.1) is 0 Å². The van der Waals surface area contributed by atoms with Crippen molar-refractivity contribution in [3.8, 4) is 0 Å². The molecular formula is C10H19N. The Morgan fingerprint density at radius 3 is 2.55 bits per heavy atom. The summed E-state index contributed by atoms with van der Waals surface area (Å²) in [4.78, 5) is 2.42. The Morgan fingerprint density at radius 1 is 1.36 bits per heavy atom. The number of nitrogens with zero attached hydrogens (tertiary/aromatic N) is 1. The van der Waals surface area contributed by atoms with Crippen LogP contribution in [0.3, 0.4) is 0 Å². The van der Waals surface area contributed by atoms with E-state index in [1.54, 1.807) is 0 Å². The summed E-state index contributed by atoms with van der Waals surface area (Å²) in [5.41, 5.74) is 0. The smallest absolute Gasteiger partial charge is 0.0160 e. The molecule has 1 rings (SSSR count). The minimum Gasteiger partial charge on any atom is -0.300 e. The Labute approximate surface area is 70.1 Å². The molecule has 0 aromatic carbocycles. The molecule has 11 heavy (non-hydrogen) atoms. The Balaban J connectivity index is 2.26. The lowest BCUT2D eigenvalue weighted by Crippen LogP contribution is -2.33. The van der Waals surface area contributed by atoms with E-state index in [0.29, 0.717) is 0 Å². The highest BCUT2D eigenvalue weighted by Crippen LogP contribution is 2.21. The average molecular weight is 153 g/mol. The van der Waals surface area contributed by atoms with Gasteiger partial charge >= 0.3 is 0 Å². The van der Waals surface area contributed by atoms with E-state index in [-0.39, 0.29) is 0 Å². The minimum atomic E-state index is 0.835. The van der Waals surface area contributed by atoms with Crippen LogP contribution in [0.5, 0.6) is 0 Å². The van der Waals surface area contributed by atoms with Gasteiger partial charge in [-0.15, -0.1) is 6.58 Å². The molecule has 0 unspecified atom stereocenters. The highest BCUT2D eigenvalue weighted by atomic mass is 15.1. The first kappa shape index (κ1) is 8.79. The fourth-order valence-corrected chi connectivity index (χ4v) is 1.87. The molecule has 0 saturated heterocycles. The Morgan fingerprint density at radius 2 is 2.00 bits per heavy atom. The SMILES string of the molecule is C=CCN(C)C1CCCCC1. The van der Waals surface area contributed by atoms with E-state index in [4.69, 9.17) is 0 Å². The maximum atomic E-state index is 3.75. The first-order valence-electron chi connectivity index (χ1n) is 4.65. The van der Waals surface area contributed by atoms with Crippen LogP contribution in [0.1, 0.15) is 32.1 Å². The average Bonchev–Trinajstić information content (AvgIpc) is 2.07. The van der Waals surface area contributed by atoms with Gasteiger partial charge in [-0.3, -0.25) is 4.90 Å². The van der Waals surface area contributed by atoms with Gasteiger partial charge in [0, 0.05) is 12.6 Å².